The van der Waals surface area contributed by atoms with Gasteiger partial charge in [-0.3, -0.25) is 0 Å². The summed E-state index contributed by atoms with van der Waals surface area (Å²) < 4.78 is 2.24. The fraction of sp³-hybridized carbons (Fsp3) is 0.522. The number of fused-ring (bicyclic) bond motifs is 1. The predicted octanol–water partition coefficient (Wildman–Crippen LogP) is 5.87. The van der Waals surface area contributed by atoms with Crippen LogP contribution in [0.5, 0.6) is 0 Å². The van der Waals surface area contributed by atoms with Crippen LogP contribution in [0.4, 0.5) is 0 Å². The standard InChI is InChI=1S/C23H32N2O/c1-3-4-5-6-7-11-14-20(26)15-21-23(19-12-9-8-10-13-19)18(2)22-16-24-17-25(21)22/h8-10,12-13,16-17,20-21,26H,3-7,11,14-15H2,1-2H3. The van der Waals surface area contributed by atoms with E-state index in [1.54, 1.807) is 0 Å². The molecule has 3 nitrogen and oxygen atoms in total. The highest BCUT2D eigenvalue weighted by atomic mass is 16.3. The Labute approximate surface area is 157 Å². The Balaban J connectivity index is 1.64. The fourth-order valence-electron chi connectivity index (χ4n) is 4.16. The Morgan fingerprint density at radius 3 is 2.58 bits per heavy atom. The van der Waals surface area contributed by atoms with Crippen LogP contribution < -0.4 is 0 Å². The maximum absolute atomic E-state index is 10.7. The molecule has 2 aromatic rings. The first-order valence-corrected chi connectivity index (χ1v) is 10.2. The number of allylic oxidation sites excluding steroid dienone is 2. The molecule has 3 rings (SSSR count). The van der Waals surface area contributed by atoms with Crippen LogP contribution in [0.3, 0.4) is 0 Å². The summed E-state index contributed by atoms with van der Waals surface area (Å²) in [4.78, 5) is 4.33. The van der Waals surface area contributed by atoms with E-state index in [0.29, 0.717) is 0 Å². The highest BCUT2D eigenvalue weighted by Gasteiger charge is 2.31. The third kappa shape index (κ3) is 4.27. The molecule has 0 aliphatic carbocycles. The van der Waals surface area contributed by atoms with E-state index in [1.165, 1.54) is 54.5 Å². The molecule has 1 aliphatic rings. The van der Waals surface area contributed by atoms with Gasteiger partial charge >= 0.3 is 0 Å². The highest BCUT2D eigenvalue weighted by molar-refractivity contribution is 5.93. The summed E-state index contributed by atoms with van der Waals surface area (Å²) in [6, 6.07) is 10.8. The SMILES string of the molecule is CCCCCCCCC(O)CC1C(c2ccccc2)=C(C)c2cncn21. The summed E-state index contributed by atoms with van der Waals surface area (Å²) in [5.41, 5.74) is 5.06. The van der Waals surface area contributed by atoms with Gasteiger partial charge in [-0.2, -0.15) is 0 Å². The van der Waals surface area contributed by atoms with Crippen LogP contribution in [0, 0.1) is 0 Å². The lowest BCUT2D eigenvalue weighted by Gasteiger charge is -2.22. The minimum absolute atomic E-state index is 0.185. The van der Waals surface area contributed by atoms with Crippen molar-refractivity contribution in [2.45, 2.75) is 77.4 Å². The van der Waals surface area contributed by atoms with Crippen molar-refractivity contribution in [1.29, 1.82) is 0 Å². The molecule has 26 heavy (non-hydrogen) atoms. The van der Waals surface area contributed by atoms with Crippen LogP contribution in [0.25, 0.3) is 11.1 Å². The quantitative estimate of drug-likeness (QED) is 0.543. The zero-order valence-corrected chi connectivity index (χ0v) is 16.2. The highest BCUT2D eigenvalue weighted by Crippen LogP contribution is 2.44. The van der Waals surface area contributed by atoms with Gasteiger partial charge in [-0.1, -0.05) is 75.8 Å². The molecule has 0 radical (unpaired) electrons. The molecule has 2 heterocycles. The average Bonchev–Trinajstić information content (AvgIpc) is 3.22. The van der Waals surface area contributed by atoms with Crippen molar-refractivity contribution in [2.75, 3.05) is 0 Å². The van der Waals surface area contributed by atoms with Crippen molar-refractivity contribution in [3.63, 3.8) is 0 Å². The molecule has 0 fully saturated rings. The van der Waals surface area contributed by atoms with Crippen molar-refractivity contribution in [3.05, 3.63) is 54.1 Å². The Kier molecular flexibility index (Phi) is 6.67. The van der Waals surface area contributed by atoms with Gasteiger partial charge in [-0.25, -0.2) is 4.98 Å². The number of hydrogen-bond donors (Lipinski definition) is 1. The van der Waals surface area contributed by atoms with Crippen LogP contribution in [0.2, 0.25) is 0 Å². The minimum atomic E-state index is -0.258. The average molecular weight is 353 g/mol. The number of unbranched alkanes of at least 4 members (excludes halogenated alkanes) is 5. The number of aliphatic hydroxyl groups is 1. The van der Waals surface area contributed by atoms with Crippen LogP contribution in [0.1, 0.15) is 82.5 Å². The summed E-state index contributed by atoms with van der Waals surface area (Å²) in [6.45, 7) is 4.42. The monoisotopic (exact) mass is 352 g/mol. The minimum Gasteiger partial charge on any atom is -0.393 e. The van der Waals surface area contributed by atoms with Gasteiger partial charge in [-0.15, -0.1) is 0 Å². The van der Waals surface area contributed by atoms with Crippen LogP contribution >= 0.6 is 0 Å². The van der Waals surface area contributed by atoms with E-state index >= 15 is 0 Å². The molecule has 1 aliphatic heterocycles. The molecule has 0 bridgehead atoms. The Bertz CT molecular complexity index is 717. The lowest BCUT2D eigenvalue weighted by Crippen LogP contribution is -2.16. The normalized spacial score (nSPS) is 17.6. The van der Waals surface area contributed by atoms with Gasteiger partial charge in [0.15, 0.2) is 0 Å². The van der Waals surface area contributed by atoms with Gasteiger partial charge in [0.2, 0.25) is 0 Å². The number of rotatable bonds is 10. The maximum Gasteiger partial charge on any atom is 0.0956 e. The molecular weight excluding hydrogens is 320 g/mol. The first kappa shape index (κ1) is 18.9. The topological polar surface area (TPSA) is 38.1 Å². The fourth-order valence-corrected chi connectivity index (χ4v) is 4.16. The van der Waals surface area contributed by atoms with E-state index in [1.807, 2.05) is 12.5 Å². The third-order valence-electron chi connectivity index (χ3n) is 5.59. The van der Waals surface area contributed by atoms with E-state index < -0.39 is 0 Å². The molecule has 1 aromatic carbocycles. The molecule has 2 unspecified atom stereocenters. The van der Waals surface area contributed by atoms with Gasteiger partial charge in [0.25, 0.3) is 0 Å². The second kappa shape index (κ2) is 9.18. The first-order valence-electron chi connectivity index (χ1n) is 10.2. The lowest BCUT2D eigenvalue weighted by molar-refractivity contribution is 0.140. The number of aliphatic hydroxyl groups excluding tert-OH is 1. The van der Waals surface area contributed by atoms with Gasteiger partial charge in [0.05, 0.1) is 30.4 Å². The molecule has 0 saturated carbocycles. The summed E-state index contributed by atoms with van der Waals surface area (Å²) in [5, 5.41) is 10.7. The Morgan fingerprint density at radius 1 is 1.08 bits per heavy atom. The molecule has 140 valence electrons. The van der Waals surface area contributed by atoms with Gasteiger partial charge in [0.1, 0.15) is 0 Å². The van der Waals surface area contributed by atoms with Crippen LogP contribution in [-0.2, 0) is 0 Å². The van der Waals surface area contributed by atoms with Crippen molar-refractivity contribution < 1.29 is 5.11 Å². The van der Waals surface area contributed by atoms with E-state index in [2.05, 4.69) is 53.7 Å². The number of nitrogens with zero attached hydrogens (tertiary/aromatic N) is 2. The summed E-state index contributed by atoms with van der Waals surface area (Å²) >= 11 is 0. The van der Waals surface area contributed by atoms with Crippen molar-refractivity contribution in [1.82, 2.24) is 9.55 Å². The maximum atomic E-state index is 10.7. The Hall–Kier alpha value is -1.87. The molecule has 0 spiro atoms. The van der Waals surface area contributed by atoms with Gasteiger partial charge in [-0.05, 0) is 36.5 Å². The van der Waals surface area contributed by atoms with Crippen molar-refractivity contribution in [2.24, 2.45) is 0 Å². The molecule has 0 saturated heterocycles. The third-order valence-corrected chi connectivity index (χ3v) is 5.59. The number of benzene rings is 1. The predicted molar refractivity (Wildman–Crippen MR) is 109 cm³/mol. The van der Waals surface area contributed by atoms with Crippen molar-refractivity contribution in [3.8, 4) is 0 Å². The largest absolute Gasteiger partial charge is 0.393 e. The number of aromatic nitrogens is 2. The molecule has 1 aromatic heterocycles. The summed E-state index contributed by atoms with van der Waals surface area (Å²) in [5.74, 6) is 0. The first-order chi connectivity index (χ1) is 12.7. The molecule has 0 amide bonds. The molecule has 1 N–H and O–H groups in total. The van der Waals surface area contributed by atoms with Gasteiger partial charge in [0, 0.05) is 0 Å². The molecule has 2 atom stereocenters. The molecule has 3 heteroatoms. The number of hydrogen-bond acceptors (Lipinski definition) is 2. The summed E-state index contributed by atoms with van der Waals surface area (Å²) in [6.07, 6.45) is 12.9. The zero-order valence-electron chi connectivity index (χ0n) is 16.2. The second-order valence-electron chi connectivity index (χ2n) is 7.55. The lowest BCUT2D eigenvalue weighted by atomic mass is 9.91. The van der Waals surface area contributed by atoms with E-state index in [9.17, 15) is 5.11 Å². The second-order valence-corrected chi connectivity index (χ2v) is 7.55. The zero-order chi connectivity index (χ0) is 18.4. The smallest absolute Gasteiger partial charge is 0.0956 e. The Morgan fingerprint density at radius 2 is 1.81 bits per heavy atom. The van der Waals surface area contributed by atoms with Crippen molar-refractivity contribution >= 4 is 11.1 Å². The molecular formula is C23H32N2O. The van der Waals surface area contributed by atoms with E-state index in [0.717, 1.165) is 19.3 Å². The van der Waals surface area contributed by atoms with Crippen LogP contribution in [0.15, 0.2) is 42.9 Å². The van der Waals surface area contributed by atoms with Gasteiger partial charge < -0.3 is 9.67 Å². The number of imidazole rings is 1. The summed E-state index contributed by atoms with van der Waals surface area (Å²) in [7, 11) is 0. The van der Waals surface area contributed by atoms with E-state index in [4.69, 9.17) is 0 Å². The van der Waals surface area contributed by atoms with E-state index in [-0.39, 0.29) is 12.1 Å². The van der Waals surface area contributed by atoms with Crippen LogP contribution in [-0.4, -0.2) is 20.8 Å².